The summed E-state index contributed by atoms with van der Waals surface area (Å²) in [6.07, 6.45) is 0.966. The normalized spacial score (nSPS) is 12.3. The third-order valence-electron chi connectivity index (χ3n) is 3.05. The molecule has 0 aliphatic rings. The Labute approximate surface area is 153 Å². The van der Waals surface area contributed by atoms with Gasteiger partial charge in [0, 0.05) is 6.07 Å². The third kappa shape index (κ3) is 8.33. The first kappa shape index (κ1) is 22.0. The Kier molecular flexibility index (Phi) is 9.12. The number of esters is 1. The second kappa shape index (κ2) is 10.8. The molecule has 1 atom stereocenters. The zero-order chi connectivity index (χ0) is 19.6. The molecule has 1 aromatic rings. The Morgan fingerprint density at radius 1 is 1.27 bits per heavy atom. The molecule has 0 aromatic carbocycles. The predicted octanol–water partition coefficient (Wildman–Crippen LogP) is 0.962. The van der Waals surface area contributed by atoms with E-state index in [1.54, 1.807) is 0 Å². The van der Waals surface area contributed by atoms with Gasteiger partial charge in [-0.25, -0.2) is 0 Å². The summed E-state index contributed by atoms with van der Waals surface area (Å²) in [5, 5.41) is 3.74. The van der Waals surface area contributed by atoms with E-state index in [0.717, 1.165) is 6.26 Å². The van der Waals surface area contributed by atoms with Crippen molar-refractivity contribution in [3.63, 3.8) is 0 Å². The summed E-state index contributed by atoms with van der Waals surface area (Å²) in [6, 6.07) is 1.53. The van der Waals surface area contributed by atoms with Crippen molar-refractivity contribution in [1.82, 2.24) is 5.16 Å². The SMILES string of the molecule is COC(=O)C(c1cc(OCC#CCOCCOS(C)(=O)=O)no1)C(C)C. The van der Waals surface area contributed by atoms with Gasteiger partial charge in [-0.05, 0) is 11.1 Å². The highest BCUT2D eigenvalue weighted by Gasteiger charge is 2.29. The molecule has 1 aromatic heterocycles. The number of ether oxygens (including phenoxy) is 3. The van der Waals surface area contributed by atoms with Gasteiger partial charge in [0.1, 0.15) is 12.5 Å². The van der Waals surface area contributed by atoms with E-state index in [1.807, 2.05) is 13.8 Å². The molecule has 0 radical (unpaired) electrons. The van der Waals surface area contributed by atoms with Gasteiger partial charge in [0.25, 0.3) is 16.0 Å². The van der Waals surface area contributed by atoms with Crippen molar-refractivity contribution in [3.05, 3.63) is 11.8 Å². The standard InChI is InChI=1S/C16H23NO8S/c1-12(2)15(16(18)21-3)13-11-14(17-25-13)23-8-6-5-7-22-9-10-24-26(4,19)20/h11-12,15H,7-10H2,1-4H3. The van der Waals surface area contributed by atoms with E-state index in [9.17, 15) is 13.2 Å². The summed E-state index contributed by atoms with van der Waals surface area (Å²) in [7, 11) is -2.14. The minimum Gasteiger partial charge on any atom is -0.468 e. The highest BCUT2D eigenvalue weighted by molar-refractivity contribution is 7.85. The fourth-order valence-electron chi connectivity index (χ4n) is 1.91. The van der Waals surface area contributed by atoms with Crippen LogP contribution in [0, 0.1) is 17.8 Å². The van der Waals surface area contributed by atoms with Crippen LogP contribution in [0.25, 0.3) is 0 Å². The highest BCUT2D eigenvalue weighted by atomic mass is 32.2. The number of hydrogen-bond acceptors (Lipinski definition) is 9. The van der Waals surface area contributed by atoms with Crippen molar-refractivity contribution in [3.8, 4) is 17.7 Å². The molecule has 0 saturated carbocycles. The summed E-state index contributed by atoms with van der Waals surface area (Å²) < 4.78 is 46.2. The zero-order valence-corrected chi connectivity index (χ0v) is 16.0. The first-order valence-corrected chi connectivity index (χ1v) is 9.61. The molecule has 0 aliphatic carbocycles. The molecule has 0 N–H and O–H groups in total. The molecule has 9 nitrogen and oxygen atoms in total. The van der Waals surface area contributed by atoms with Crippen molar-refractivity contribution < 1.29 is 36.1 Å². The van der Waals surface area contributed by atoms with Gasteiger partial charge < -0.3 is 18.7 Å². The lowest BCUT2D eigenvalue weighted by molar-refractivity contribution is -0.144. The third-order valence-corrected chi connectivity index (χ3v) is 3.65. The molecule has 1 unspecified atom stereocenters. The van der Waals surface area contributed by atoms with E-state index >= 15 is 0 Å². The van der Waals surface area contributed by atoms with Gasteiger partial charge in [0.05, 0.1) is 26.6 Å². The maximum atomic E-state index is 11.8. The molecule has 0 amide bonds. The maximum Gasteiger partial charge on any atom is 0.316 e. The van der Waals surface area contributed by atoms with E-state index in [1.165, 1.54) is 13.2 Å². The van der Waals surface area contributed by atoms with Crippen LogP contribution in [-0.2, 0) is 28.6 Å². The number of carbonyl (C=O) groups excluding carboxylic acids is 1. The van der Waals surface area contributed by atoms with Crippen LogP contribution in [0.2, 0.25) is 0 Å². The monoisotopic (exact) mass is 389 g/mol. The summed E-state index contributed by atoms with van der Waals surface area (Å²) in [5.41, 5.74) is 0. The fraction of sp³-hybridized carbons (Fsp3) is 0.625. The van der Waals surface area contributed by atoms with E-state index in [0.29, 0.717) is 5.76 Å². The van der Waals surface area contributed by atoms with Crippen LogP contribution in [0.3, 0.4) is 0 Å². The molecule has 0 saturated heterocycles. The van der Waals surface area contributed by atoms with Gasteiger partial charge >= 0.3 is 5.97 Å². The molecule has 0 aliphatic heterocycles. The average Bonchev–Trinajstić information content (AvgIpc) is 3.00. The number of nitrogens with zero attached hydrogens (tertiary/aromatic N) is 1. The topological polar surface area (TPSA) is 114 Å². The molecule has 0 bridgehead atoms. The molecule has 1 heterocycles. The maximum absolute atomic E-state index is 11.8. The van der Waals surface area contributed by atoms with E-state index in [-0.39, 0.29) is 38.2 Å². The van der Waals surface area contributed by atoms with Crippen LogP contribution in [-0.4, -0.2) is 59.3 Å². The van der Waals surface area contributed by atoms with Crippen molar-refractivity contribution >= 4 is 16.1 Å². The lowest BCUT2D eigenvalue weighted by Crippen LogP contribution is -2.19. The van der Waals surface area contributed by atoms with Gasteiger partial charge in [0.15, 0.2) is 12.4 Å². The van der Waals surface area contributed by atoms with Crippen molar-refractivity contribution in [2.45, 2.75) is 19.8 Å². The minimum atomic E-state index is -3.45. The lowest BCUT2D eigenvalue weighted by Gasteiger charge is -2.14. The van der Waals surface area contributed by atoms with Gasteiger partial charge in [-0.2, -0.15) is 8.42 Å². The van der Waals surface area contributed by atoms with Crippen LogP contribution in [0.15, 0.2) is 10.6 Å². The number of aromatic nitrogens is 1. The molecular formula is C16H23NO8S. The predicted molar refractivity (Wildman–Crippen MR) is 91.0 cm³/mol. The Hall–Kier alpha value is -2.09. The second-order valence-electron chi connectivity index (χ2n) is 5.53. The summed E-state index contributed by atoms with van der Waals surface area (Å²) in [6.45, 7) is 3.96. The quantitative estimate of drug-likeness (QED) is 0.250. The average molecular weight is 389 g/mol. The van der Waals surface area contributed by atoms with E-state index < -0.39 is 22.0 Å². The Balaban J connectivity index is 2.35. The number of carbonyl (C=O) groups is 1. The Morgan fingerprint density at radius 3 is 2.58 bits per heavy atom. The molecule has 1 rings (SSSR count). The molecule has 10 heteroatoms. The first-order valence-electron chi connectivity index (χ1n) is 7.79. The highest BCUT2D eigenvalue weighted by Crippen LogP contribution is 2.28. The van der Waals surface area contributed by atoms with E-state index in [4.69, 9.17) is 18.7 Å². The number of methoxy groups -OCH3 is 1. The van der Waals surface area contributed by atoms with Crippen molar-refractivity contribution in [1.29, 1.82) is 0 Å². The molecular weight excluding hydrogens is 366 g/mol. The van der Waals surface area contributed by atoms with Crippen LogP contribution >= 0.6 is 0 Å². The summed E-state index contributed by atoms with van der Waals surface area (Å²) in [5.74, 6) is 5.00. The zero-order valence-electron chi connectivity index (χ0n) is 15.2. The van der Waals surface area contributed by atoms with Crippen molar-refractivity contribution in [2.24, 2.45) is 5.92 Å². The molecule has 0 fully saturated rings. The summed E-state index contributed by atoms with van der Waals surface area (Å²) in [4.78, 5) is 11.8. The minimum absolute atomic E-state index is 0.0214. The first-order chi connectivity index (χ1) is 12.2. The van der Waals surface area contributed by atoms with Gasteiger partial charge in [0.2, 0.25) is 0 Å². The van der Waals surface area contributed by atoms with Crippen LogP contribution in [0.4, 0.5) is 0 Å². The number of hydrogen-bond donors (Lipinski definition) is 0. The fourth-order valence-corrected chi connectivity index (χ4v) is 2.28. The largest absolute Gasteiger partial charge is 0.468 e. The van der Waals surface area contributed by atoms with E-state index in [2.05, 4.69) is 21.2 Å². The van der Waals surface area contributed by atoms with Gasteiger partial charge in [-0.1, -0.05) is 25.7 Å². The summed E-state index contributed by atoms with van der Waals surface area (Å²) >= 11 is 0. The lowest BCUT2D eigenvalue weighted by atomic mass is 9.93. The Morgan fingerprint density at radius 2 is 1.96 bits per heavy atom. The van der Waals surface area contributed by atoms with Gasteiger partial charge in [-0.15, -0.1) is 0 Å². The van der Waals surface area contributed by atoms with Crippen LogP contribution < -0.4 is 4.74 Å². The number of rotatable bonds is 10. The Bertz CT molecular complexity index is 729. The van der Waals surface area contributed by atoms with Crippen molar-refractivity contribution in [2.75, 3.05) is 39.8 Å². The molecule has 26 heavy (non-hydrogen) atoms. The molecule has 0 spiro atoms. The smallest absolute Gasteiger partial charge is 0.316 e. The van der Waals surface area contributed by atoms with Gasteiger partial charge in [-0.3, -0.25) is 8.98 Å². The second-order valence-corrected chi connectivity index (χ2v) is 7.18. The van der Waals surface area contributed by atoms with Crippen LogP contribution in [0.5, 0.6) is 5.88 Å². The molecule has 146 valence electrons. The van der Waals surface area contributed by atoms with Crippen LogP contribution in [0.1, 0.15) is 25.5 Å².